The summed E-state index contributed by atoms with van der Waals surface area (Å²) in [6, 6.07) is 7.14. The van der Waals surface area contributed by atoms with Crippen molar-refractivity contribution in [3.05, 3.63) is 36.4 Å². The molecule has 1 aromatic carbocycles. The molecule has 0 amide bonds. The summed E-state index contributed by atoms with van der Waals surface area (Å²) in [4.78, 5) is 11.0. The summed E-state index contributed by atoms with van der Waals surface area (Å²) in [5, 5.41) is 9.20. The van der Waals surface area contributed by atoms with Crippen molar-refractivity contribution in [2.45, 2.75) is 6.92 Å². The molecule has 0 saturated heterocycles. The van der Waals surface area contributed by atoms with Crippen molar-refractivity contribution in [1.29, 1.82) is 0 Å². The van der Waals surface area contributed by atoms with Gasteiger partial charge in [-0.25, -0.2) is 4.79 Å². The minimum atomic E-state index is -0.572. The van der Waals surface area contributed by atoms with Gasteiger partial charge in [0.2, 0.25) is 0 Å². The van der Waals surface area contributed by atoms with E-state index in [0.29, 0.717) is 0 Å². The lowest BCUT2D eigenvalue weighted by atomic mass is 10.3. The molecule has 0 heterocycles. The summed E-state index contributed by atoms with van der Waals surface area (Å²) in [6.07, 6.45) is 0. The van der Waals surface area contributed by atoms with Gasteiger partial charge in [0.1, 0.15) is 0 Å². The van der Waals surface area contributed by atoms with Gasteiger partial charge >= 0.3 is 5.97 Å². The summed E-state index contributed by atoms with van der Waals surface area (Å²) in [6.45, 7) is 4.94. The van der Waals surface area contributed by atoms with E-state index in [2.05, 4.69) is 12.6 Å². The number of para-hydroxylation sites is 1. The van der Waals surface area contributed by atoms with E-state index in [1.54, 1.807) is 12.1 Å². The van der Waals surface area contributed by atoms with E-state index in [-0.39, 0.29) is 17.1 Å². The van der Waals surface area contributed by atoms with Gasteiger partial charge in [0.05, 0.1) is 0 Å². The first-order valence-electron chi connectivity index (χ1n) is 3.68. The Hall–Kier alpha value is -1.77. The quantitative estimate of drug-likeness (QED) is 0.424. The van der Waals surface area contributed by atoms with Gasteiger partial charge in [-0.2, -0.15) is 0 Å². The number of carbonyl (C=O) groups excluding carboxylic acids is 1. The minimum Gasteiger partial charge on any atom is -0.504 e. The topological polar surface area (TPSA) is 46.5 Å². The normalized spacial score (nSPS) is 9.31. The van der Waals surface area contributed by atoms with Crippen molar-refractivity contribution in [2.75, 3.05) is 0 Å². The van der Waals surface area contributed by atoms with E-state index in [9.17, 15) is 9.90 Å². The lowest BCUT2D eigenvalue weighted by Gasteiger charge is -2.03. The van der Waals surface area contributed by atoms with E-state index >= 15 is 0 Å². The first-order chi connectivity index (χ1) is 6.11. The molecular weight excluding hydrogens is 168 g/mol. The first-order valence-corrected chi connectivity index (χ1v) is 3.68. The Bertz CT molecular complexity index is 342. The molecule has 1 N–H and O–H groups in total. The smallest absolute Gasteiger partial charge is 0.338 e. The molecule has 3 nitrogen and oxygen atoms in total. The fraction of sp³-hybridized carbons (Fsp3) is 0.100. The van der Waals surface area contributed by atoms with Crippen molar-refractivity contribution in [3.63, 3.8) is 0 Å². The molecule has 0 aliphatic rings. The zero-order chi connectivity index (χ0) is 9.84. The predicted molar refractivity (Wildman–Crippen MR) is 47.4 cm³/mol. The van der Waals surface area contributed by atoms with Crippen molar-refractivity contribution in [2.24, 2.45) is 0 Å². The zero-order valence-corrected chi connectivity index (χ0v) is 7.20. The molecule has 0 fully saturated rings. The lowest BCUT2D eigenvalue weighted by molar-refractivity contribution is -0.130. The zero-order valence-electron chi connectivity index (χ0n) is 7.20. The van der Waals surface area contributed by atoms with Gasteiger partial charge in [-0.1, -0.05) is 18.7 Å². The summed E-state index contributed by atoms with van der Waals surface area (Å²) in [7, 11) is 0. The highest BCUT2D eigenvalue weighted by molar-refractivity contribution is 5.89. The van der Waals surface area contributed by atoms with E-state index in [0.717, 1.165) is 0 Å². The average molecular weight is 177 g/mol. The molecule has 0 atom stereocenters. The Morgan fingerprint density at radius 2 is 2.38 bits per heavy atom. The highest BCUT2D eigenvalue weighted by Gasteiger charge is 2.08. The maximum Gasteiger partial charge on any atom is 0.338 e. The molecule has 0 spiro atoms. The monoisotopic (exact) mass is 177 g/mol. The molecule has 1 aromatic rings. The van der Waals surface area contributed by atoms with Crippen molar-refractivity contribution in [3.8, 4) is 11.5 Å². The summed E-state index contributed by atoms with van der Waals surface area (Å²) >= 11 is 0. The molecule has 0 aromatic heterocycles. The Morgan fingerprint density at radius 1 is 1.69 bits per heavy atom. The number of ether oxygens (including phenoxy) is 1. The van der Waals surface area contributed by atoms with E-state index in [1.165, 1.54) is 13.0 Å². The van der Waals surface area contributed by atoms with E-state index in [4.69, 9.17) is 4.74 Å². The predicted octanol–water partition coefficient (Wildman–Crippen LogP) is 1.67. The molecule has 1 radical (unpaired) electrons. The second-order valence-electron chi connectivity index (χ2n) is 2.55. The van der Waals surface area contributed by atoms with Gasteiger partial charge in [0.15, 0.2) is 11.5 Å². The Balaban J connectivity index is 2.81. The molecule has 0 unspecified atom stereocenters. The highest BCUT2D eigenvalue weighted by Crippen LogP contribution is 2.24. The van der Waals surface area contributed by atoms with Crippen LogP contribution in [0.5, 0.6) is 11.5 Å². The second-order valence-corrected chi connectivity index (χ2v) is 2.55. The number of benzene rings is 1. The van der Waals surface area contributed by atoms with Crippen LogP contribution < -0.4 is 4.74 Å². The van der Waals surface area contributed by atoms with Crippen molar-refractivity contribution >= 4 is 5.97 Å². The maximum absolute atomic E-state index is 11.0. The standard InChI is InChI=1S/C10H9O3/c1-7(2)10(12)13-9-6-4-3-5-8(9)11/h3-5,11H,1H2,2H3. The fourth-order valence-corrected chi connectivity index (χ4v) is 0.674. The van der Waals surface area contributed by atoms with Crippen molar-refractivity contribution < 1.29 is 14.6 Å². The Kier molecular flexibility index (Phi) is 2.69. The number of esters is 1. The fourth-order valence-electron chi connectivity index (χ4n) is 0.674. The van der Waals surface area contributed by atoms with Crippen LogP contribution in [0, 0.1) is 6.07 Å². The molecule has 13 heavy (non-hydrogen) atoms. The van der Waals surface area contributed by atoms with E-state index in [1.807, 2.05) is 0 Å². The molecule has 0 bridgehead atoms. The number of phenolic OH excluding ortho intramolecular Hbond substituents is 1. The second kappa shape index (κ2) is 3.76. The van der Waals surface area contributed by atoms with Crippen LogP contribution in [-0.4, -0.2) is 11.1 Å². The van der Waals surface area contributed by atoms with Gasteiger partial charge < -0.3 is 9.84 Å². The SMILES string of the molecule is C=C(C)C(=O)Oc1[c]cccc1O. The average Bonchev–Trinajstić information content (AvgIpc) is 2.08. The molecule has 67 valence electrons. The number of aromatic hydroxyl groups is 1. The van der Waals surface area contributed by atoms with Gasteiger partial charge in [-0.3, -0.25) is 0 Å². The van der Waals surface area contributed by atoms with Gasteiger partial charge in [0, 0.05) is 11.6 Å². The van der Waals surface area contributed by atoms with Gasteiger partial charge in [-0.05, 0) is 13.0 Å². The first kappa shape index (κ1) is 9.32. The van der Waals surface area contributed by atoms with Crippen LogP contribution in [-0.2, 0) is 4.79 Å². The highest BCUT2D eigenvalue weighted by atomic mass is 16.5. The van der Waals surface area contributed by atoms with Crippen LogP contribution in [0.15, 0.2) is 30.4 Å². The Labute approximate surface area is 76.3 Å². The van der Waals surface area contributed by atoms with Crippen molar-refractivity contribution in [1.82, 2.24) is 0 Å². The number of hydrogen-bond acceptors (Lipinski definition) is 3. The summed E-state index contributed by atoms with van der Waals surface area (Å²) in [5.74, 6) is -0.662. The third-order valence-electron chi connectivity index (χ3n) is 1.34. The summed E-state index contributed by atoms with van der Waals surface area (Å²) in [5.41, 5.74) is 0.275. The lowest BCUT2D eigenvalue weighted by Crippen LogP contribution is -2.08. The van der Waals surface area contributed by atoms with Crippen LogP contribution in [0.3, 0.4) is 0 Å². The van der Waals surface area contributed by atoms with Gasteiger partial charge in [0.25, 0.3) is 0 Å². The van der Waals surface area contributed by atoms with E-state index < -0.39 is 5.97 Å². The number of phenols is 1. The van der Waals surface area contributed by atoms with Crippen LogP contribution in [0.4, 0.5) is 0 Å². The largest absolute Gasteiger partial charge is 0.504 e. The van der Waals surface area contributed by atoms with Crippen LogP contribution in [0.25, 0.3) is 0 Å². The van der Waals surface area contributed by atoms with Crippen LogP contribution in [0.2, 0.25) is 0 Å². The molecule has 1 rings (SSSR count). The number of carbonyl (C=O) groups is 1. The minimum absolute atomic E-state index is 0.0236. The molecular formula is C10H9O3. The molecule has 0 saturated carbocycles. The van der Waals surface area contributed by atoms with Crippen LogP contribution >= 0.6 is 0 Å². The summed E-state index contributed by atoms with van der Waals surface area (Å²) < 4.78 is 4.76. The maximum atomic E-state index is 11.0. The van der Waals surface area contributed by atoms with Crippen LogP contribution in [0.1, 0.15) is 6.92 Å². The Morgan fingerprint density at radius 3 is 2.92 bits per heavy atom. The number of rotatable bonds is 2. The van der Waals surface area contributed by atoms with Gasteiger partial charge in [-0.15, -0.1) is 0 Å². The number of hydrogen-bond donors (Lipinski definition) is 1. The molecule has 3 heteroatoms. The molecule has 0 aliphatic carbocycles. The third kappa shape index (κ3) is 2.33. The third-order valence-corrected chi connectivity index (χ3v) is 1.34. The molecule has 0 aliphatic heterocycles.